The lowest BCUT2D eigenvalue weighted by Gasteiger charge is -2.19. The molecule has 0 aliphatic carbocycles. The van der Waals surface area contributed by atoms with Gasteiger partial charge in [0.25, 0.3) is 11.8 Å². The zero-order valence-corrected chi connectivity index (χ0v) is 17.1. The molecule has 0 fully saturated rings. The van der Waals surface area contributed by atoms with Crippen molar-refractivity contribution in [2.24, 2.45) is 0 Å². The Morgan fingerprint density at radius 3 is 2.23 bits per heavy atom. The van der Waals surface area contributed by atoms with E-state index in [2.05, 4.69) is 5.32 Å². The predicted molar refractivity (Wildman–Crippen MR) is 118 cm³/mol. The molecular weight excluding hydrogens is 376 g/mol. The van der Waals surface area contributed by atoms with E-state index in [-0.39, 0.29) is 11.6 Å². The number of ether oxygens (including phenoxy) is 1. The molecule has 1 N–H and O–H groups in total. The van der Waals surface area contributed by atoms with Gasteiger partial charge in [-0.25, -0.2) is 4.90 Å². The van der Waals surface area contributed by atoms with Gasteiger partial charge >= 0.3 is 0 Å². The van der Waals surface area contributed by atoms with E-state index >= 15 is 0 Å². The highest BCUT2D eigenvalue weighted by Gasteiger charge is 2.41. The predicted octanol–water partition coefficient (Wildman–Crippen LogP) is 4.71. The highest BCUT2D eigenvalue weighted by molar-refractivity contribution is 6.46. The SMILES string of the molecule is COc1ccccc1C1=C(Nc2ccccc2)C(=O)N(c2cccc(C)c2C)C1=O. The molecule has 0 spiro atoms. The summed E-state index contributed by atoms with van der Waals surface area (Å²) in [6.45, 7) is 3.87. The molecule has 0 unspecified atom stereocenters. The fourth-order valence-electron chi connectivity index (χ4n) is 3.61. The number of aryl methyl sites for hydroxylation is 1. The van der Waals surface area contributed by atoms with Crippen LogP contribution in [-0.4, -0.2) is 18.9 Å². The van der Waals surface area contributed by atoms with Gasteiger partial charge in [-0.1, -0.05) is 48.5 Å². The lowest BCUT2D eigenvalue weighted by atomic mass is 10.0. The van der Waals surface area contributed by atoms with Gasteiger partial charge in [-0.15, -0.1) is 0 Å². The monoisotopic (exact) mass is 398 g/mol. The van der Waals surface area contributed by atoms with Crippen molar-refractivity contribution >= 4 is 28.8 Å². The molecule has 0 saturated heterocycles. The average molecular weight is 398 g/mol. The van der Waals surface area contributed by atoms with Crippen molar-refractivity contribution < 1.29 is 14.3 Å². The molecule has 2 amide bonds. The smallest absolute Gasteiger partial charge is 0.282 e. The number of benzene rings is 3. The largest absolute Gasteiger partial charge is 0.496 e. The minimum Gasteiger partial charge on any atom is -0.496 e. The summed E-state index contributed by atoms with van der Waals surface area (Å²) in [6.07, 6.45) is 0. The van der Waals surface area contributed by atoms with Crippen LogP contribution in [-0.2, 0) is 9.59 Å². The molecule has 0 aromatic heterocycles. The lowest BCUT2D eigenvalue weighted by molar-refractivity contribution is -0.120. The highest BCUT2D eigenvalue weighted by atomic mass is 16.5. The summed E-state index contributed by atoms with van der Waals surface area (Å²) in [4.78, 5) is 28.4. The summed E-state index contributed by atoms with van der Waals surface area (Å²) in [5.41, 5.74) is 4.31. The molecule has 5 nitrogen and oxygen atoms in total. The zero-order valence-electron chi connectivity index (χ0n) is 17.1. The molecule has 4 rings (SSSR count). The highest BCUT2D eigenvalue weighted by Crippen LogP contribution is 2.38. The molecule has 30 heavy (non-hydrogen) atoms. The summed E-state index contributed by atoms with van der Waals surface area (Å²) in [7, 11) is 1.55. The van der Waals surface area contributed by atoms with Crippen LogP contribution in [0.4, 0.5) is 11.4 Å². The third-order valence-electron chi connectivity index (χ3n) is 5.32. The second-order valence-electron chi connectivity index (χ2n) is 7.11. The molecular formula is C25H22N2O3. The minimum atomic E-state index is -0.390. The number of imide groups is 1. The van der Waals surface area contributed by atoms with Gasteiger partial charge in [0, 0.05) is 11.3 Å². The first-order valence-corrected chi connectivity index (χ1v) is 9.67. The van der Waals surface area contributed by atoms with Crippen molar-refractivity contribution in [2.45, 2.75) is 13.8 Å². The summed E-state index contributed by atoms with van der Waals surface area (Å²) >= 11 is 0. The zero-order chi connectivity index (χ0) is 21.3. The van der Waals surface area contributed by atoms with Crippen LogP contribution >= 0.6 is 0 Å². The van der Waals surface area contributed by atoms with Crippen LogP contribution in [0.2, 0.25) is 0 Å². The van der Waals surface area contributed by atoms with E-state index in [9.17, 15) is 9.59 Å². The van der Waals surface area contributed by atoms with Gasteiger partial charge < -0.3 is 10.1 Å². The quantitative estimate of drug-likeness (QED) is 0.633. The second kappa shape index (κ2) is 7.87. The van der Waals surface area contributed by atoms with Crippen molar-refractivity contribution in [2.75, 3.05) is 17.3 Å². The number of carbonyl (C=O) groups is 2. The van der Waals surface area contributed by atoms with E-state index in [0.29, 0.717) is 22.6 Å². The van der Waals surface area contributed by atoms with E-state index in [1.807, 2.05) is 68.4 Å². The Balaban J connectivity index is 1.89. The number of carbonyl (C=O) groups excluding carboxylic acids is 2. The first-order valence-electron chi connectivity index (χ1n) is 9.67. The number of methoxy groups -OCH3 is 1. The van der Waals surface area contributed by atoms with E-state index in [0.717, 1.165) is 16.8 Å². The Hall–Kier alpha value is -3.86. The maximum atomic E-state index is 13.6. The van der Waals surface area contributed by atoms with Gasteiger partial charge in [0.05, 0.1) is 18.4 Å². The molecule has 3 aromatic carbocycles. The molecule has 1 aliphatic heterocycles. The Labute approximate surface area is 175 Å². The molecule has 3 aromatic rings. The Kier molecular flexibility index (Phi) is 5.11. The fourth-order valence-corrected chi connectivity index (χ4v) is 3.61. The minimum absolute atomic E-state index is 0.233. The first kappa shape index (κ1) is 19.5. The van der Waals surface area contributed by atoms with Gasteiger partial charge in [-0.3, -0.25) is 9.59 Å². The van der Waals surface area contributed by atoms with Crippen molar-refractivity contribution in [3.05, 3.63) is 95.2 Å². The second-order valence-corrected chi connectivity index (χ2v) is 7.11. The Bertz CT molecular complexity index is 1170. The molecule has 0 radical (unpaired) electrons. The van der Waals surface area contributed by atoms with Crippen LogP contribution in [0.15, 0.2) is 78.5 Å². The topological polar surface area (TPSA) is 58.6 Å². The van der Waals surface area contributed by atoms with Crippen molar-refractivity contribution in [1.82, 2.24) is 0 Å². The molecule has 1 aliphatic rings. The molecule has 150 valence electrons. The number of nitrogens with one attached hydrogen (secondary N) is 1. The maximum absolute atomic E-state index is 13.6. The van der Waals surface area contributed by atoms with Gasteiger partial charge in [0.2, 0.25) is 0 Å². The summed E-state index contributed by atoms with van der Waals surface area (Å²) in [5, 5.41) is 3.17. The van der Waals surface area contributed by atoms with Crippen molar-refractivity contribution in [1.29, 1.82) is 0 Å². The third-order valence-corrected chi connectivity index (χ3v) is 5.32. The summed E-state index contributed by atoms with van der Waals surface area (Å²) < 4.78 is 5.48. The Morgan fingerprint density at radius 2 is 1.50 bits per heavy atom. The maximum Gasteiger partial charge on any atom is 0.282 e. The Morgan fingerprint density at radius 1 is 0.800 bits per heavy atom. The van der Waals surface area contributed by atoms with E-state index in [4.69, 9.17) is 4.74 Å². The van der Waals surface area contributed by atoms with Crippen LogP contribution in [0.25, 0.3) is 5.57 Å². The van der Waals surface area contributed by atoms with Crippen molar-refractivity contribution in [3.8, 4) is 5.75 Å². The van der Waals surface area contributed by atoms with Gasteiger partial charge in [-0.2, -0.15) is 0 Å². The molecule has 0 bridgehead atoms. The first-order chi connectivity index (χ1) is 14.5. The van der Waals surface area contributed by atoms with E-state index in [1.165, 1.54) is 4.90 Å². The summed E-state index contributed by atoms with van der Waals surface area (Å²) in [6, 6.07) is 22.2. The van der Waals surface area contributed by atoms with Crippen LogP contribution in [0.3, 0.4) is 0 Å². The normalized spacial score (nSPS) is 13.8. The number of rotatable bonds is 5. The number of nitrogens with zero attached hydrogens (tertiary/aromatic N) is 1. The van der Waals surface area contributed by atoms with E-state index < -0.39 is 5.91 Å². The van der Waals surface area contributed by atoms with E-state index in [1.54, 1.807) is 25.3 Å². The van der Waals surface area contributed by atoms with Crippen LogP contribution < -0.4 is 15.0 Å². The van der Waals surface area contributed by atoms with Crippen LogP contribution in [0.1, 0.15) is 16.7 Å². The number of para-hydroxylation sites is 2. The lowest BCUT2D eigenvalue weighted by Crippen LogP contribution is -2.33. The van der Waals surface area contributed by atoms with Crippen molar-refractivity contribution in [3.63, 3.8) is 0 Å². The molecule has 1 heterocycles. The number of anilines is 2. The number of hydrogen-bond donors (Lipinski definition) is 1. The fraction of sp³-hybridized carbons (Fsp3) is 0.120. The van der Waals surface area contributed by atoms with Crippen LogP contribution in [0, 0.1) is 13.8 Å². The third kappa shape index (κ3) is 3.24. The van der Waals surface area contributed by atoms with Gasteiger partial charge in [0.15, 0.2) is 0 Å². The average Bonchev–Trinajstić information content (AvgIpc) is 3.00. The van der Waals surface area contributed by atoms with Gasteiger partial charge in [0.1, 0.15) is 11.4 Å². The number of amides is 2. The standard InChI is InChI=1S/C25H22N2O3/c1-16-10-9-14-20(17(16)2)27-24(28)22(19-13-7-8-15-21(19)30-3)23(25(27)29)26-18-11-5-4-6-12-18/h4-15,26H,1-3H3. The summed E-state index contributed by atoms with van der Waals surface area (Å²) in [5.74, 6) is -0.237. The van der Waals surface area contributed by atoms with Gasteiger partial charge in [-0.05, 0) is 49.2 Å². The molecule has 0 atom stereocenters. The van der Waals surface area contributed by atoms with Crippen LogP contribution in [0.5, 0.6) is 5.75 Å². The molecule has 0 saturated carbocycles. The molecule has 5 heteroatoms. The number of hydrogen-bond acceptors (Lipinski definition) is 4.